The third-order valence-corrected chi connectivity index (χ3v) is 2.49. The fraction of sp³-hybridized carbons (Fsp3) is 0.250. The first kappa shape index (κ1) is 11.3. The number of ether oxygens (including phenoxy) is 1. The summed E-state index contributed by atoms with van der Waals surface area (Å²) in [5, 5.41) is 7.52. The van der Waals surface area contributed by atoms with E-state index in [0.717, 1.165) is 17.1 Å². The average molecular weight is 232 g/mol. The van der Waals surface area contributed by atoms with Crippen LogP contribution in [0.3, 0.4) is 0 Å². The second kappa shape index (κ2) is 4.78. The molecular formula is C12H16N4O. The second-order valence-electron chi connectivity index (χ2n) is 3.79. The molecule has 5 nitrogen and oxygen atoms in total. The van der Waals surface area contributed by atoms with Gasteiger partial charge in [0.05, 0.1) is 30.7 Å². The van der Waals surface area contributed by atoms with E-state index in [4.69, 9.17) is 10.5 Å². The summed E-state index contributed by atoms with van der Waals surface area (Å²) < 4.78 is 6.92. The number of nitrogens with one attached hydrogen (secondary N) is 1. The Bertz CT molecular complexity index is 507. The summed E-state index contributed by atoms with van der Waals surface area (Å²) >= 11 is 0. The number of aryl methyl sites for hydroxylation is 1. The number of methoxy groups -OCH3 is 1. The minimum atomic E-state index is 0.637. The Kier molecular flexibility index (Phi) is 3.18. The number of aromatic nitrogens is 2. The summed E-state index contributed by atoms with van der Waals surface area (Å²) in [5.74, 6) is 0.780. The summed E-state index contributed by atoms with van der Waals surface area (Å²) in [5.41, 5.74) is 8.39. The molecule has 0 aliphatic carbocycles. The molecule has 0 aliphatic heterocycles. The van der Waals surface area contributed by atoms with E-state index in [-0.39, 0.29) is 0 Å². The Balaban J connectivity index is 2.07. The Morgan fingerprint density at radius 1 is 1.41 bits per heavy atom. The number of benzene rings is 1. The van der Waals surface area contributed by atoms with Gasteiger partial charge in [-0.05, 0) is 18.2 Å². The lowest BCUT2D eigenvalue weighted by Gasteiger charge is -2.09. The van der Waals surface area contributed by atoms with Crippen LogP contribution in [0.4, 0.5) is 11.4 Å². The molecule has 0 saturated carbocycles. The molecule has 2 aromatic rings. The molecule has 1 aromatic carbocycles. The van der Waals surface area contributed by atoms with Crippen LogP contribution in [0, 0.1) is 0 Å². The zero-order valence-electron chi connectivity index (χ0n) is 9.97. The second-order valence-corrected chi connectivity index (χ2v) is 3.79. The van der Waals surface area contributed by atoms with Crippen molar-refractivity contribution in [1.82, 2.24) is 9.78 Å². The van der Waals surface area contributed by atoms with Crippen LogP contribution in [0.25, 0.3) is 0 Å². The highest BCUT2D eigenvalue weighted by molar-refractivity contribution is 5.68. The van der Waals surface area contributed by atoms with Crippen LogP contribution in [-0.4, -0.2) is 16.9 Å². The Morgan fingerprint density at radius 2 is 2.24 bits per heavy atom. The molecule has 3 N–H and O–H groups in total. The quantitative estimate of drug-likeness (QED) is 0.786. The van der Waals surface area contributed by atoms with Gasteiger partial charge in [0.1, 0.15) is 5.75 Å². The standard InChI is InChI=1S/C12H16N4O/c1-16-6-5-9(15-16)8-14-12-7-10(17-2)3-4-11(12)13/h3-7,14H,8,13H2,1-2H3. The van der Waals surface area contributed by atoms with E-state index in [2.05, 4.69) is 10.4 Å². The topological polar surface area (TPSA) is 65.1 Å². The third-order valence-electron chi connectivity index (χ3n) is 2.49. The van der Waals surface area contributed by atoms with Crippen LogP contribution in [0.5, 0.6) is 5.75 Å². The van der Waals surface area contributed by atoms with Crippen molar-refractivity contribution in [3.63, 3.8) is 0 Å². The minimum Gasteiger partial charge on any atom is -0.497 e. The predicted octanol–water partition coefficient (Wildman–Crippen LogP) is 1.62. The van der Waals surface area contributed by atoms with Gasteiger partial charge in [-0.3, -0.25) is 4.68 Å². The zero-order valence-corrected chi connectivity index (χ0v) is 9.97. The van der Waals surface area contributed by atoms with Gasteiger partial charge < -0.3 is 15.8 Å². The molecule has 0 amide bonds. The smallest absolute Gasteiger partial charge is 0.121 e. The molecule has 1 heterocycles. The van der Waals surface area contributed by atoms with E-state index < -0.39 is 0 Å². The van der Waals surface area contributed by atoms with E-state index in [1.807, 2.05) is 37.5 Å². The molecular weight excluding hydrogens is 216 g/mol. The highest BCUT2D eigenvalue weighted by atomic mass is 16.5. The normalized spacial score (nSPS) is 10.2. The van der Waals surface area contributed by atoms with E-state index in [9.17, 15) is 0 Å². The summed E-state index contributed by atoms with van der Waals surface area (Å²) in [6, 6.07) is 7.49. The van der Waals surface area contributed by atoms with E-state index >= 15 is 0 Å². The van der Waals surface area contributed by atoms with E-state index in [0.29, 0.717) is 12.2 Å². The van der Waals surface area contributed by atoms with Gasteiger partial charge in [0.15, 0.2) is 0 Å². The van der Waals surface area contributed by atoms with Crippen LogP contribution in [0.1, 0.15) is 5.69 Å². The van der Waals surface area contributed by atoms with Crippen LogP contribution in [0.15, 0.2) is 30.5 Å². The third kappa shape index (κ3) is 2.69. The molecule has 2 rings (SSSR count). The molecule has 0 aliphatic rings. The number of nitrogens with zero attached hydrogens (tertiary/aromatic N) is 2. The van der Waals surface area contributed by atoms with Crippen molar-refractivity contribution in [2.75, 3.05) is 18.2 Å². The molecule has 0 atom stereocenters. The summed E-state index contributed by atoms with van der Waals surface area (Å²) in [4.78, 5) is 0. The summed E-state index contributed by atoms with van der Waals surface area (Å²) in [6.45, 7) is 0.637. The SMILES string of the molecule is COc1ccc(N)c(NCc2ccn(C)n2)c1. The van der Waals surface area contributed by atoms with Gasteiger partial charge in [-0.15, -0.1) is 0 Å². The summed E-state index contributed by atoms with van der Waals surface area (Å²) in [6.07, 6.45) is 1.91. The largest absolute Gasteiger partial charge is 0.497 e. The molecule has 0 unspecified atom stereocenters. The van der Waals surface area contributed by atoms with Gasteiger partial charge in [0, 0.05) is 19.3 Å². The number of hydrogen-bond acceptors (Lipinski definition) is 4. The summed E-state index contributed by atoms with van der Waals surface area (Å²) in [7, 11) is 3.53. The molecule has 0 bridgehead atoms. The van der Waals surface area contributed by atoms with Gasteiger partial charge in [-0.25, -0.2) is 0 Å². The number of nitrogens with two attached hydrogens (primary N) is 1. The van der Waals surface area contributed by atoms with Crippen molar-refractivity contribution in [3.05, 3.63) is 36.2 Å². The van der Waals surface area contributed by atoms with Crippen LogP contribution in [-0.2, 0) is 13.6 Å². The monoisotopic (exact) mass is 232 g/mol. The van der Waals surface area contributed by atoms with Crippen LogP contribution < -0.4 is 15.8 Å². The minimum absolute atomic E-state index is 0.637. The van der Waals surface area contributed by atoms with Gasteiger partial charge in [-0.1, -0.05) is 0 Å². The first-order chi connectivity index (χ1) is 8.19. The molecule has 5 heteroatoms. The van der Waals surface area contributed by atoms with Crippen molar-refractivity contribution in [3.8, 4) is 5.75 Å². The maximum atomic E-state index is 5.87. The lowest BCUT2D eigenvalue weighted by atomic mass is 10.2. The maximum absolute atomic E-state index is 5.87. The highest BCUT2D eigenvalue weighted by Crippen LogP contribution is 2.24. The van der Waals surface area contributed by atoms with Gasteiger partial charge >= 0.3 is 0 Å². The van der Waals surface area contributed by atoms with Gasteiger partial charge in [-0.2, -0.15) is 5.10 Å². The maximum Gasteiger partial charge on any atom is 0.121 e. The van der Waals surface area contributed by atoms with E-state index in [1.54, 1.807) is 11.8 Å². The zero-order chi connectivity index (χ0) is 12.3. The van der Waals surface area contributed by atoms with Gasteiger partial charge in [0.25, 0.3) is 0 Å². The fourth-order valence-electron chi connectivity index (χ4n) is 1.56. The highest BCUT2D eigenvalue weighted by Gasteiger charge is 2.02. The van der Waals surface area contributed by atoms with Crippen molar-refractivity contribution in [2.45, 2.75) is 6.54 Å². The molecule has 90 valence electrons. The molecule has 0 radical (unpaired) electrons. The lowest BCUT2D eigenvalue weighted by Crippen LogP contribution is -2.04. The van der Waals surface area contributed by atoms with Crippen LogP contribution in [0.2, 0.25) is 0 Å². The number of hydrogen-bond donors (Lipinski definition) is 2. The lowest BCUT2D eigenvalue weighted by molar-refractivity contribution is 0.415. The average Bonchev–Trinajstić information content (AvgIpc) is 2.74. The van der Waals surface area contributed by atoms with Crippen LogP contribution >= 0.6 is 0 Å². The number of nitrogen functional groups attached to an aromatic ring is 1. The Morgan fingerprint density at radius 3 is 2.88 bits per heavy atom. The molecule has 0 spiro atoms. The van der Waals surface area contributed by atoms with Gasteiger partial charge in [0.2, 0.25) is 0 Å². The molecule has 17 heavy (non-hydrogen) atoms. The van der Waals surface area contributed by atoms with Crippen molar-refractivity contribution < 1.29 is 4.74 Å². The Labute approximate surface area is 100 Å². The predicted molar refractivity (Wildman–Crippen MR) is 67.9 cm³/mol. The number of anilines is 2. The molecule has 0 fully saturated rings. The van der Waals surface area contributed by atoms with E-state index in [1.165, 1.54) is 0 Å². The molecule has 1 aromatic heterocycles. The van der Waals surface area contributed by atoms with Crippen molar-refractivity contribution >= 4 is 11.4 Å². The number of rotatable bonds is 4. The Hall–Kier alpha value is -2.17. The molecule has 0 saturated heterocycles. The first-order valence-corrected chi connectivity index (χ1v) is 5.35. The van der Waals surface area contributed by atoms with Crippen molar-refractivity contribution in [2.24, 2.45) is 7.05 Å². The first-order valence-electron chi connectivity index (χ1n) is 5.35. The van der Waals surface area contributed by atoms with Crippen molar-refractivity contribution in [1.29, 1.82) is 0 Å². The fourth-order valence-corrected chi connectivity index (χ4v) is 1.56.